The van der Waals surface area contributed by atoms with Crippen LogP contribution in [0.3, 0.4) is 0 Å². The molecule has 0 aliphatic carbocycles. The average Bonchev–Trinajstić information content (AvgIpc) is 2.76. The Hall–Kier alpha value is -1.84. The van der Waals surface area contributed by atoms with Crippen molar-refractivity contribution in [3.8, 4) is 0 Å². The number of unbranched alkanes of at least 4 members (excludes halogenated alkanes) is 14. The second-order valence-electron chi connectivity index (χ2n) is 8.98. The third kappa shape index (κ3) is 15.6. The van der Waals surface area contributed by atoms with Crippen molar-refractivity contribution in [2.24, 2.45) is 5.10 Å². The Labute approximate surface area is 191 Å². The number of anilines is 1. The van der Waals surface area contributed by atoms with Gasteiger partial charge in [-0.2, -0.15) is 5.10 Å². The number of hydrogen-bond donors (Lipinski definition) is 1. The molecule has 0 unspecified atom stereocenters. The Morgan fingerprint density at radius 3 is 1.68 bits per heavy atom. The summed E-state index contributed by atoms with van der Waals surface area (Å²) < 4.78 is 0. The fourth-order valence-electron chi connectivity index (χ4n) is 3.75. The lowest BCUT2D eigenvalue weighted by Crippen LogP contribution is -2.16. The zero-order valence-corrected chi connectivity index (χ0v) is 20.5. The van der Waals surface area contributed by atoms with Gasteiger partial charge in [-0.15, -0.1) is 0 Å². The zero-order valence-electron chi connectivity index (χ0n) is 20.5. The Kier molecular flexibility index (Phi) is 16.6. The Morgan fingerprint density at radius 1 is 0.774 bits per heavy atom. The largest absolute Gasteiger partial charge is 0.378 e. The van der Waals surface area contributed by atoms with E-state index in [4.69, 9.17) is 0 Å². The number of benzene rings is 1. The Bertz CT molecular complexity index is 581. The number of nitrogens with one attached hydrogen (secondary N) is 1. The quantitative estimate of drug-likeness (QED) is 0.141. The molecule has 31 heavy (non-hydrogen) atoms. The maximum atomic E-state index is 11.9. The number of hydrazone groups is 1. The average molecular weight is 430 g/mol. The van der Waals surface area contributed by atoms with Crippen LogP contribution in [0.1, 0.15) is 115 Å². The molecule has 4 nitrogen and oxygen atoms in total. The number of rotatable bonds is 19. The first-order chi connectivity index (χ1) is 15.1. The highest BCUT2D eigenvalue weighted by atomic mass is 16.2. The topological polar surface area (TPSA) is 44.7 Å². The van der Waals surface area contributed by atoms with Crippen LogP contribution in [0.15, 0.2) is 29.4 Å². The van der Waals surface area contributed by atoms with Crippen molar-refractivity contribution in [3.63, 3.8) is 0 Å². The van der Waals surface area contributed by atoms with Gasteiger partial charge in [0.15, 0.2) is 0 Å². The van der Waals surface area contributed by atoms with Gasteiger partial charge in [0.2, 0.25) is 5.91 Å². The molecule has 0 bridgehead atoms. The SMILES string of the molecule is CCCCCCCCCCCCCCCCCC(=O)N/N=C/c1ccc(N(C)C)cc1. The van der Waals surface area contributed by atoms with Gasteiger partial charge in [-0.3, -0.25) is 4.79 Å². The number of carbonyl (C=O) groups is 1. The number of nitrogens with zero attached hydrogens (tertiary/aromatic N) is 2. The van der Waals surface area contributed by atoms with Crippen molar-refractivity contribution in [2.45, 2.75) is 110 Å². The van der Waals surface area contributed by atoms with Crippen molar-refractivity contribution in [2.75, 3.05) is 19.0 Å². The lowest BCUT2D eigenvalue weighted by atomic mass is 10.0. The molecule has 1 rings (SSSR count). The molecule has 0 radical (unpaired) electrons. The minimum Gasteiger partial charge on any atom is -0.378 e. The molecule has 0 heterocycles. The van der Waals surface area contributed by atoms with E-state index in [0.29, 0.717) is 6.42 Å². The Morgan fingerprint density at radius 2 is 1.23 bits per heavy atom. The van der Waals surface area contributed by atoms with Crippen LogP contribution in [0.2, 0.25) is 0 Å². The number of carbonyl (C=O) groups excluding carboxylic acids is 1. The summed E-state index contributed by atoms with van der Waals surface area (Å²) in [5.74, 6) is 0.0101. The first kappa shape index (κ1) is 27.2. The van der Waals surface area contributed by atoms with Crippen LogP contribution in [-0.4, -0.2) is 26.2 Å². The van der Waals surface area contributed by atoms with Crippen LogP contribution in [0.4, 0.5) is 5.69 Å². The molecule has 0 aliphatic heterocycles. The molecule has 176 valence electrons. The van der Waals surface area contributed by atoms with Crippen LogP contribution in [0.5, 0.6) is 0 Å². The van der Waals surface area contributed by atoms with E-state index in [9.17, 15) is 4.79 Å². The molecule has 1 aromatic carbocycles. The number of amides is 1. The molecule has 0 atom stereocenters. The summed E-state index contributed by atoms with van der Waals surface area (Å²) >= 11 is 0. The predicted octanol–water partition coefficient (Wildman–Crippen LogP) is 7.46. The van der Waals surface area contributed by atoms with Gasteiger partial charge in [0.25, 0.3) is 0 Å². The molecule has 1 amide bonds. The third-order valence-corrected chi connectivity index (χ3v) is 5.82. The fraction of sp³-hybridized carbons (Fsp3) is 0.704. The van der Waals surface area contributed by atoms with Gasteiger partial charge >= 0.3 is 0 Å². The molecular weight excluding hydrogens is 382 g/mol. The Balaban J connectivity index is 1.89. The summed E-state index contributed by atoms with van der Waals surface area (Å²) in [7, 11) is 4.03. The zero-order chi connectivity index (χ0) is 22.6. The number of hydrogen-bond acceptors (Lipinski definition) is 3. The van der Waals surface area contributed by atoms with Crippen LogP contribution >= 0.6 is 0 Å². The highest BCUT2D eigenvalue weighted by Gasteiger charge is 2.00. The van der Waals surface area contributed by atoms with Crippen molar-refractivity contribution in [1.29, 1.82) is 0 Å². The van der Waals surface area contributed by atoms with Gasteiger partial charge in [-0.25, -0.2) is 5.43 Å². The van der Waals surface area contributed by atoms with Gasteiger partial charge in [-0.1, -0.05) is 109 Å². The first-order valence-electron chi connectivity index (χ1n) is 12.7. The fourth-order valence-corrected chi connectivity index (χ4v) is 3.75. The van der Waals surface area contributed by atoms with Crippen LogP contribution in [0, 0.1) is 0 Å². The van der Waals surface area contributed by atoms with E-state index >= 15 is 0 Å². The maximum absolute atomic E-state index is 11.9. The van der Waals surface area contributed by atoms with Crippen LogP contribution < -0.4 is 10.3 Å². The van der Waals surface area contributed by atoms with Crippen molar-refractivity contribution in [3.05, 3.63) is 29.8 Å². The van der Waals surface area contributed by atoms with Crippen molar-refractivity contribution < 1.29 is 4.79 Å². The summed E-state index contributed by atoms with van der Waals surface area (Å²) in [6.07, 6.45) is 22.3. The summed E-state index contributed by atoms with van der Waals surface area (Å²) in [6.45, 7) is 2.28. The van der Waals surface area contributed by atoms with Crippen LogP contribution in [0.25, 0.3) is 0 Å². The van der Waals surface area contributed by atoms with Gasteiger partial charge in [0, 0.05) is 26.2 Å². The lowest BCUT2D eigenvalue weighted by molar-refractivity contribution is -0.121. The predicted molar refractivity (Wildman–Crippen MR) is 136 cm³/mol. The first-order valence-corrected chi connectivity index (χ1v) is 12.7. The molecule has 0 saturated carbocycles. The molecular formula is C27H47N3O. The third-order valence-electron chi connectivity index (χ3n) is 5.82. The molecule has 4 heteroatoms. The second kappa shape index (κ2) is 18.9. The van der Waals surface area contributed by atoms with E-state index in [2.05, 4.69) is 22.4 Å². The summed E-state index contributed by atoms with van der Waals surface area (Å²) in [5.41, 5.74) is 4.77. The monoisotopic (exact) mass is 429 g/mol. The molecule has 0 aliphatic rings. The molecule has 0 spiro atoms. The van der Waals surface area contributed by atoms with Gasteiger partial charge < -0.3 is 4.90 Å². The standard InChI is InChI=1S/C27H47N3O/c1-4-5-6-7-8-9-10-11-12-13-14-15-16-17-18-19-27(31)29-28-24-25-20-22-26(23-21-25)30(2)3/h20-24H,4-19H2,1-3H3,(H,29,31)/b28-24+. The normalized spacial score (nSPS) is 11.2. The summed E-state index contributed by atoms with van der Waals surface area (Å²) in [6, 6.07) is 8.08. The van der Waals surface area contributed by atoms with E-state index in [1.165, 1.54) is 83.5 Å². The molecule has 0 aromatic heterocycles. The summed E-state index contributed by atoms with van der Waals surface area (Å²) in [5, 5.41) is 4.07. The lowest BCUT2D eigenvalue weighted by Gasteiger charge is -2.11. The van der Waals surface area contributed by atoms with E-state index in [1.54, 1.807) is 6.21 Å². The molecule has 0 fully saturated rings. The van der Waals surface area contributed by atoms with E-state index < -0.39 is 0 Å². The van der Waals surface area contributed by atoms with Crippen molar-refractivity contribution in [1.82, 2.24) is 5.43 Å². The van der Waals surface area contributed by atoms with E-state index in [-0.39, 0.29) is 5.91 Å². The maximum Gasteiger partial charge on any atom is 0.240 e. The van der Waals surface area contributed by atoms with E-state index in [1.807, 2.05) is 38.4 Å². The smallest absolute Gasteiger partial charge is 0.240 e. The van der Waals surface area contributed by atoms with Crippen molar-refractivity contribution >= 4 is 17.8 Å². The summed E-state index contributed by atoms with van der Waals surface area (Å²) in [4.78, 5) is 13.9. The highest BCUT2D eigenvalue weighted by Crippen LogP contribution is 2.14. The molecule has 0 saturated heterocycles. The van der Waals surface area contributed by atoms with Crippen LogP contribution in [-0.2, 0) is 4.79 Å². The minimum absolute atomic E-state index is 0.0101. The second-order valence-corrected chi connectivity index (χ2v) is 8.98. The van der Waals surface area contributed by atoms with Gasteiger partial charge in [0.05, 0.1) is 6.21 Å². The highest BCUT2D eigenvalue weighted by molar-refractivity contribution is 5.82. The van der Waals surface area contributed by atoms with Gasteiger partial charge in [0.1, 0.15) is 0 Å². The molecule has 1 aromatic rings. The van der Waals surface area contributed by atoms with E-state index in [0.717, 1.165) is 24.1 Å². The minimum atomic E-state index is 0.0101. The molecule has 1 N–H and O–H groups in total. The van der Waals surface area contributed by atoms with Gasteiger partial charge in [-0.05, 0) is 24.1 Å².